The van der Waals surface area contributed by atoms with E-state index in [4.69, 9.17) is 4.74 Å². The molecule has 2 rings (SSSR count). The lowest BCUT2D eigenvalue weighted by atomic mass is 9.81. The number of methoxy groups -OCH3 is 1. The van der Waals surface area contributed by atoms with Crippen molar-refractivity contribution in [1.29, 1.82) is 0 Å². The number of hydrogen-bond donors (Lipinski definition) is 0. The maximum absolute atomic E-state index is 12.1. The zero-order chi connectivity index (χ0) is 15.9. The third-order valence-electron chi connectivity index (χ3n) is 4.51. The molecule has 0 bridgehead atoms. The molecule has 4 nitrogen and oxygen atoms in total. The zero-order valence-corrected chi connectivity index (χ0v) is 13.3. The number of carbonyl (C=O) groups is 2. The molecule has 4 heteroatoms. The molecule has 1 aromatic rings. The number of rotatable bonds is 5. The van der Waals surface area contributed by atoms with Crippen LogP contribution in [-0.4, -0.2) is 25.7 Å². The summed E-state index contributed by atoms with van der Waals surface area (Å²) in [5.74, 6) is 0.482. The molecule has 0 unspecified atom stereocenters. The van der Waals surface area contributed by atoms with E-state index in [1.54, 1.807) is 18.2 Å². The molecule has 0 N–H and O–H groups in total. The van der Waals surface area contributed by atoms with E-state index >= 15 is 0 Å². The summed E-state index contributed by atoms with van der Waals surface area (Å²) in [6.07, 6.45) is 5.97. The topological polar surface area (TPSA) is 52.6 Å². The van der Waals surface area contributed by atoms with Crippen LogP contribution in [0.15, 0.2) is 24.3 Å². The number of hydrogen-bond acceptors (Lipinski definition) is 4. The van der Waals surface area contributed by atoms with Crippen LogP contribution in [0.1, 0.15) is 59.7 Å². The summed E-state index contributed by atoms with van der Waals surface area (Å²) in [6, 6.07) is 6.45. The molecule has 1 aromatic carbocycles. The van der Waals surface area contributed by atoms with Gasteiger partial charge < -0.3 is 9.47 Å². The first-order valence-corrected chi connectivity index (χ1v) is 7.99. The fourth-order valence-electron chi connectivity index (χ4n) is 2.97. The lowest BCUT2D eigenvalue weighted by Crippen LogP contribution is -2.20. The summed E-state index contributed by atoms with van der Waals surface area (Å²) in [5, 5.41) is 0. The number of ether oxygens (including phenoxy) is 2. The first-order valence-electron chi connectivity index (χ1n) is 7.99. The lowest BCUT2D eigenvalue weighted by molar-refractivity contribution is 0.0394. The van der Waals surface area contributed by atoms with Crippen molar-refractivity contribution in [3.8, 4) is 0 Å². The SMILES string of the molecule is CCC1CCC(COC(=O)c2cccc(C(=O)OC)c2)CC1. The highest BCUT2D eigenvalue weighted by molar-refractivity contribution is 5.95. The predicted molar refractivity (Wildman–Crippen MR) is 83.8 cm³/mol. The first-order chi connectivity index (χ1) is 10.6. The molecule has 1 saturated carbocycles. The van der Waals surface area contributed by atoms with Crippen LogP contribution in [0.3, 0.4) is 0 Å². The Bertz CT molecular complexity index is 516. The molecule has 22 heavy (non-hydrogen) atoms. The molecule has 0 saturated heterocycles. The molecule has 1 aliphatic carbocycles. The van der Waals surface area contributed by atoms with Gasteiger partial charge in [-0.1, -0.05) is 32.3 Å². The fraction of sp³-hybridized carbons (Fsp3) is 0.556. The van der Waals surface area contributed by atoms with Crippen molar-refractivity contribution in [3.05, 3.63) is 35.4 Å². The van der Waals surface area contributed by atoms with Crippen molar-refractivity contribution in [3.63, 3.8) is 0 Å². The third-order valence-corrected chi connectivity index (χ3v) is 4.51. The van der Waals surface area contributed by atoms with Crippen molar-refractivity contribution in [2.75, 3.05) is 13.7 Å². The zero-order valence-electron chi connectivity index (χ0n) is 13.3. The molecule has 0 atom stereocenters. The molecular formula is C18H24O4. The Kier molecular flexibility index (Phi) is 5.99. The molecule has 0 spiro atoms. The van der Waals surface area contributed by atoms with E-state index in [0.29, 0.717) is 23.7 Å². The van der Waals surface area contributed by atoms with Gasteiger partial charge in [-0.25, -0.2) is 9.59 Å². The van der Waals surface area contributed by atoms with Crippen LogP contribution < -0.4 is 0 Å². The van der Waals surface area contributed by atoms with Crippen LogP contribution in [0.2, 0.25) is 0 Å². The highest BCUT2D eigenvalue weighted by atomic mass is 16.5. The summed E-state index contributed by atoms with van der Waals surface area (Å²) >= 11 is 0. The van der Waals surface area contributed by atoms with Gasteiger partial charge >= 0.3 is 11.9 Å². The minimum absolute atomic E-state index is 0.361. The van der Waals surface area contributed by atoms with Crippen molar-refractivity contribution in [2.24, 2.45) is 11.8 Å². The highest BCUT2D eigenvalue weighted by Gasteiger charge is 2.21. The Labute approximate surface area is 131 Å². The van der Waals surface area contributed by atoms with Gasteiger partial charge in [0.1, 0.15) is 0 Å². The van der Waals surface area contributed by atoms with Gasteiger partial charge in [-0.05, 0) is 42.9 Å². The summed E-state index contributed by atoms with van der Waals surface area (Å²) in [7, 11) is 1.32. The summed E-state index contributed by atoms with van der Waals surface area (Å²) < 4.78 is 10.1. The van der Waals surface area contributed by atoms with E-state index in [-0.39, 0.29) is 5.97 Å². The maximum Gasteiger partial charge on any atom is 0.338 e. The lowest BCUT2D eigenvalue weighted by Gasteiger charge is -2.27. The van der Waals surface area contributed by atoms with E-state index in [0.717, 1.165) is 18.8 Å². The second kappa shape index (κ2) is 7.97. The second-order valence-corrected chi connectivity index (χ2v) is 5.97. The van der Waals surface area contributed by atoms with E-state index in [1.165, 1.54) is 32.4 Å². The number of benzene rings is 1. The van der Waals surface area contributed by atoms with Crippen molar-refractivity contribution in [2.45, 2.75) is 39.0 Å². The van der Waals surface area contributed by atoms with Crippen LogP contribution in [0, 0.1) is 11.8 Å². The fourth-order valence-corrected chi connectivity index (χ4v) is 2.97. The number of esters is 2. The second-order valence-electron chi connectivity index (χ2n) is 5.97. The Morgan fingerprint density at radius 3 is 2.23 bits per heavy atom. The van der Waals surface area contributed by atoms with Crippen LogP contribution in [0.5, 0.6) is 0 Å². The summed E-state index contributed by atoms with van der Waals surface area (Å²) in [6.45, 7) is 2.71. The van der Waals surface area contributed by atoms with Crippen molar-refractivity contribution >= 4 is 11.9 Å². The van der Waals surface area contributed by atoms with Gasteiger partial charge in [0.25, 0.3) is 0 Å². The maximum atomic E-state index is 12.1. The van der Waals surface area contributed by atoms with Crippen molar-refractivity contribution < 1.29 is 19.1 Å². The molecule has 0 aromatic heterocycles. The minimum Gasteiger partial charge on any atom is -0.465 e. The summed E-state index contributed by atoms with van der Waals surface area (Å²) in [5.41, 5.74) is 0.755. The van der Waals surface area contributed by atoms with Crippen LogP contribution in [0.4, 0.5) is 0 Å². The van der Waals surface area contributed by atoms with Gasteiger partial charge in [0.2, 0.25) is 0 Å². The van der Waals surface area contributed by atoms with E-state index in [2.05, 4.69) is 11.7 Å². The Morgan fingerprint density at radius 2 is 1.64 bits per heavy atom. The molecule has 0 aliphatic heterocycles. The van der Waals surface area contributed by atoms with Gasteiger partial charge in [0.05, 0.1) is 24.8 Å². The van der Waals surface area contributed by atoms with Gasteiger partial charge in [0, 0.05) is 0 Å². The standard InChI is InChI=1S/C18H24O4/c1-3-13-7-9-14(10-8-13)12-22-18(20)16-6-4-5-15(11-16)17(19)21-2/h4-6,11,13-14H,3,7-10,12H2,1-2H3. The molecule has 1 fully saturated rings. The Morgan fingerprint density at radius 1 is 1.05 bits per heavy atom. The van der Waals surface area contributed by atoms with Crippen LogP contribution in [-0.2, 0) is 9.47 Å². The quantitative estimate of drug-likeness (QED) is 0.775. The van der Waals surface area contributed by atoms with E-state index in [1.807, 2.05) is 0 Å². The highest BCUT2D eigenvalue weighted by Crippen LogP contribution is 2.30. The Balaban J connectivity index is 1.86. The number of carbonyl (C=O) groups excluding carboxylic acids is 2. The van der Waals surface area contributed by atoms with Gasteiger partial charge in [0.15, 0.2) is 0 Å². The third kappa shape index (κ3) is 4.33. The normalized spacial score (nSPS) is 21.2. The van der Waals surface area contributed by atoms with Crippen LogP contribution >= 0.6 is 0 Å². The average molecular weight is 304 g/mol. The van der Waals surface area contributed by atoms with Crippen LogP contribution in [0.25, 0.3) is 0 Å². The molecule has 1 aliphatic rings. The Hall–Kier alpha value is -1.84. The minimum atomic E-state index is -0.451. The first kappa shape index (κ1) is 16.5. The largest absolute Gasteiger partial charge is 0.465 e. The predicted octanol–water partition coefficient (Wildman–Crippen LogP) is 3.85. The molecule has 120 valence electrons. The van der Waals surface area contributed by atoms with E-state index in [9.17, 15) is 9.59 Å². The smallest absolute Gasteiger partial charge is 0.338 e. The van der Waals surface area contributed by atoms with Gasteiger partial charge in [-0.3, -0.25) is 0 Å². The molecule has 0 amide bonds. The molecular weight excluding hydrogens is 280 g/mol. The monoisotopic (exact) mass is 304 g/mol. The summed E-state index contributed by atoms with van der Waals surface area (Å²) in [4.78, 5) is 23.6. The van der Waals surface area contributed by atoms with Crippen molar-refractivity contribution in [1.82, 2.24) is 0 Å². The van der Waals surface area contributed by atoms with E-state index < -0.39 is 5.97 Å². The average Bonchev–Trinajstić information content (AvgIpc) is 2.59. The van der Waals surface area contributed by atoms with Gasteiger partial charge in [-0.15, -0.1) is 0 Å². The molecule has 0 heterocycles. The van der Waals surface area contributed by atoms with Gasteiger partial charge in [-0.2, -0.15) is 0 Å². The molecule has 0 radical (unpaired) electrons.